The molecule has 0 saturated carbocycles. The quantitative estimate of drug-likeness (QED) is 0.773. The van der Waals surface area contributed by atoms with Gasteiger partial charge in [-0.25, -0.2) is 4.98 Å². The first-order valence-corrected chi connectivity index (χ1v) is 6.42. The maximum atomic E-state index is 11.3. The lowest BCUT2D eigenvalue weighted by Crippen LogP contribution is -2.24. The van der Waals surface area contributed by atoms with Crippen LogP contribution in [0.15, 0.2) is 24.3 Å². The second-order valence-corrected chi connectivity index (χ2v) is 4.25. The van der Waals surface area contributed by atoms with Gasteiger partial charge in [-0.1, -0.05) is 0 Å². The highest BCUT2D eigenvalue weighted by atomic mass is 16.5. The molecular weight excluding hydrogens is 240 g/mol. The smallest absolute Gasteiger partial charge is 0.153 e. The van der Waals surface area contributed by atoms with Crippen LogP contribution in [-0.4, -0.2) is 31.5 Å². The second kappa shape index (κ2) is 5.69. The van der Waals surface area contributed by atoms with Gasteiger partial charge in [-0.2, -0.15) is 0 Å². The van der Waals surface area contributed by atoms with Gasteiger partial charge in [0.05, 0.1) is 18.2 Å². The molecule has 0 aliphatic heterocycles. The van der Waals surface area contributed by atoms with E-state index in [1.54, 1.807) is 7.11 Å². The Morgan fingerprint density at radius 2 is 2.00 bits per heavy atom. The van der Waals surface area contributed by atoms with Gasteiger partial charge in [-0.15, -0.1) is 0 Å². The lowest BCUT2D eigenvalue weighted by Gasteiger charge is -2.21. The molecule has 19 heavy (non-hydrogen) atoms. The Bertz CT molecular complexity index is 592. The first-order valence-electron chi connectivity index (χ1n) is 6.42. The zero-order valence-corrected chi connectivity index (χ0v) is 11.5. The Balaban J connectivity index is 2.62. The summed E-state index contributed by atoms with van der Waals surface area (Å²) < 4.78 is 5.19. The number of hydrogen-bond acceptors (Lipinski definition) is 4. The number of carbonyl (C=O) groups excluding carboxylic acids is 1. The predicted octanol–water partition coefficient (Wildman–Crippen LogP) is 2.90. The van der Waals surface area contributed by atoms with E-state index in [0.717, 1.165) is 41.8 Å². The fourth-order valence-electron chi connectivity index (χ4n) is 2.15. The van der Waals surface area contributed by atoms with E-state index in [-0.39, 0.29) is 0 Å². The van der Waals surface area contributed by atoms with Crippen molar-refractivity contribution in [3.8, 4) is 5.75 Å². The molecular formula is C15H18N2O2. The molecule has 1 heterocycles. The minimum absolute atomic E-state index is 0.615. The summed E-state index contributed by atoms with van der Waals surface area (Å²) in [7, 11) is 1.62. The van der Waals surface area contributed by atoms with Crippen LogP contribution in [0.25, 0.3) is 10.9 Å². The maximum absolute atomic E-state index is 11.3. The van der Waals surface area contributed by atoms with Crippen LogP contribution in [0.2, 0.25) is 0 Å². The van der Waals surface area contributed by atoms with Crippen LogP contribution in [0, 0.1) is 0 Å². The average Bonchev–Trinajstić information content (AvgIpc) is 2.47. The monoisotopic (exact) mass is 258 g/mol. The van der Waals surface area contributed by atoms with Gasteiger partial charge in [0.2, 0.25) is 0 Å². The topological polar surface area (TPSA) is 42.4 Å². The van der Waals surface area contributed by atoms with Crippen LogP contribution < -0.4 is 9.64 Å². The standard InChI is InChI=1S/C15H18N2O2/c1-4-17(5-2)15-12(10-18)8-11-9-13(19-3)6-7-14(11)16-15/h6-10H,4-5H2,1-3H3. The number of aldehydes is 1. The molecule has 1 aromatic carbocycles. The molecule has 0 radical (unpaired) electrons. The second-order valence-electron chi connectivity index (χ2n) is 4.25. The van der Waals surface area contributed by atoms with Crippen molar-refractivity contribution in [1.82, 2.24) is 4.98 Å². The van der Waals surface area contributed by atoms with Gasteiger partial charge < -0.3 is 9.64 Å². The molecule has 0 N–H and O–H groups in total. The highest BCUT2D eigenvalue weighted by molar-refractivity contribution is 5.92. The van der Waals surface area contributed by atoms with Gasteiger partial charge in [0, 0.05) is 18.5 Å². The summed E-state index contributed by atoms with van der Waals surface area (Å²) in [4.78, 5) is 17.9. The molecule has 0 amide bonds. The first-order chi connectivity index (χ1) is 9.23. The van der Waals surface area contributed by atoms with E-state index >= 15 is 0 Å². The molecule has 0 saturated heterocycles. The van der Waals surface area contributed by atoms with E-state index in [9.17, 15) is 4.79 Å². The SMILES string of the molecule is CCN(CC)c1nc2ccc(OC)cc2cc1C=O. The molecule has 0 aliphatic carbocycles. The summed E-state index contributed by atoms with van der Waals surface area (Å²) in [5.41, 5.74) is 1.48. The number of nitrogens with zero attached hydrogens (tertiary/aromatic N) is 2. The third kappa shape index (κ3) is 2.52. The number of aromatic nitrogens is 1. The Labute approximate surface area is 113 Å². The molecule has 0 fully saturated rings. The Hall–Kier alpha value is -2.10. The Morgan fingerprint density at radius 3 is 2.58 bits per heavy atom. The number of fused-ring (bicyclic) bond motifs is 1. The molecule has 2 rings (SSSR count). The molecule has 1 aromatic heterocycles. The van der Waals surface area contributed by atoms with E-state index in [1.807, 2.05) is 24.3 Å². The zero-order valence-electron chi connectivity index (χ0n) is 11.5. The molecule has 0 bridgehead atoms. The number of carbonyl (C=O) groups is 1. The molecule has 100 valence electrons. The number of pyridine rings is 1. The molecule has 0 atom stereocenters. The molecule has 0 aliphatic rings. The number of methoxy groups -OCH3 is 1. The van der Waals surface area contributed by atoms with Gasteiger partial charge in [0.1, 0.15) is 11.6 Å². The molecule has 4 heteroatoms. The predicted molar refractivity (Wildman–Crippen MR) is 77.2 cm³/mol. The van der Waals surface area contributed by atoms with Crippen molar-refractivity contribution in [2.75, 3.05) is 25.1 Å². The molecule has 2 aromatic rings. The van der Waals surface area contributed by atoms with Crippen molar-refractivity contribution in [3.63, 3.8) is 0 Å². The number of rotatable bonds is 5. The van der Waals surface area contributed by atoms with E-state index in [0.29, 0.717) is 5.56 Å². The van der Waals surface area contributed by atoms with Gasteiger partial charge in [-0.3, -0.25) is 4.79 Å². The van der Waals surface area contributed by atoms with Crippen molar-refractivity contribution < 1.29 is 9.53 Å². The van der Waals surface area contributed by atoms with Crippen LogP contribution >= 0.6 is 0 Å². The lowest BCUT2D eigenvalue weighted by molar-refractivity contribution is 0.112. The van der Waals surface area contributed by atoms with E-state index < -0.39 is 0 Å². The summed E-state index contributed by atoms with van der Waals surface area (Å²) >= 11 is 0. The van der Waals surface area contributed by atoms with Gasteiger partial charge in [0.15, 0.2) is 6.29 Å². The Morgan fingerprint density at radius 1 is 1.26 bits per heavy atom. The maximum Gasteiger partial charge on any atom is 0.153 e. The van der Waals surface area contributed by atoms with Crippen LogP contribution in [0.5, 0.6) is 5.75 Å². The third-order valence-electron chi connectivity index (χ3n) is 3.22. The largest absolute Gasteiger partial charge is 0.497 e. The van der Waals surface area contributed by atoms with Crippen LogP contribution in [0.1, 0.15) is 24.2 Å². The Kier molecular flexibility index (Phi) is 4.00. The van der Waals surface area contributed by atoms with Crippen LogP contribution in [0.3, 0.4) is 0 Å². The normalized spacial score (nSPS) is 10.5. The van der Waals surface area contributed by atoms with Crippen molar-refractivity contribution in [2.24, 2.45) is 0 Å². The van der Waals surface area contributed by atoms with Crippen molar-refractivity contribution >= 4 is 23.0 Å². The summed E-state index contributed by atoms with van der Waals surface area (Å²) in [6, 6.07) is 7.55. The summed E-state index contributed by atoms with van der Waals surface area (Å²) in [5.74, 6) is 1.51. The number of benzene rings is 1. The third-order valence-corrected chi connectivity index (χ3v) is 3.22. The summed E-state index contributed by atoms with van der Waals surface area (Å²) in [5, 5.41) is 0.914. The van der Waals surface area contributed by atoms with Gasteiger partial charge in [0.25, 0.3) is 0 Å². The summed E-state index contributed by atoms with van der Waals surface area (Å²) in [6.45, 7) is 5.76. The van der Waals surface area contributed by atoms with Crippen LogP contribution in [-0.2, 0) is 0 Å². The van der Waals surface area contributed by atoms with Crippen molar-refractivity contribution in [1.29, 1.82) is 0 Å². The van der Waals surface area contributed by atoms with E-state index in [1.165, 1.54) is 0 Å². The molecule has 0 unspecified atom stereocenters. The van der Waals surface area contributed by atoms with E-state index in [4.69, 9.17) is 4.74 Å². The summed E-state index contributed by atoms with van der Waals surface area (Å²) in [6.07, 6.45) is 0.861. The minimum atomic E-state index is 0.615. The molecule has 4 nitrogen and oxygen atoms in total. The average molecular weight is 258 g/mol. The van der Waals surface area contributed by atoms with Crippen molar-refractivity contribution in [2.45, 2.75) is 13.8 Å². The first kappa shape index (κ1) is 13.3. The highest BCUT2D eigenvalue weighted by Gasteiger charge is 2.11. The lowest BCUT2D eigenvalue weighted by atomic mass is 10.1. The number of ether oxygens (including phenoxy) is 1. The molecule has 0 spiro atoms. The van der Waals surface area contributed by atoms with Gasteiger partial charge in [-0.05, 0) is 38.1 Å². The minimum Gasteiger partial charge on any atom is -0.497 e. The fraction of sp³-hybridized carbons (Fsp3) is 0.333. The fourth-order valence-corrected chi connectivity index (χ4v) is 2.15. The number of hydrogen-bond donors (Lipinski definition) is 0. The van der Waals surface area contributed by atoms with Crippen molar-refractivity contribution in [3.05, 3.63) is 29.8 Å². The van der Waals surface area contributed by atoms with Gasteiger partial charge >= 0.3 is 0 Å². The van der Waals surface area contributed by atoms with E-state index in [2.05, 4.69) is 23.7 Å². The number of anilines is 1. The highest BCUT2D eigenvalue weighted by Crippen LogP contribution is 2.25. The zero-order chi connectivity index (χ0) is 13.8. The van der Waals surface area contributed by atoms with Crippen LogP contribution in [0.4, 0.5) is 5.82 Å².